The molecule has 30 heavy (non-hydrogen) atoms. The van der Waals surface area contributed by atoms with E-state index in [-0.39, 0.29) is 35.8 Å². The van der Waals surface area contributed by atoms with E-state index in [0.717, 1.165) is 12.3 Å². The summed E-state index contributed by atoms with van der Waals surface area (Å²) in [4.78, 5) is 20.7. The number of aromatic nitrogens is 1. The zero-order chi connectivity index (χ0) is 21.7. The summed E-state index contributed by atoms with van der Waals surface area (Å²) < 4.78 is 60.5. The lowest BCUT2D eigenvalue weighted by molar-refractivity contribution is -0.210. The molecule has 4 rings (SSSR count). The Morgan fingerprint density at radius 3 is 2.50 bits per heavy atom. The van der Waals surface area contributed by atoms with E-state index in [2.05, 4.69) is 9.98 Å². The maximum atomic E-state index is 14.8. The van der Waals surface area contributed by atoms with Gasteiger partial charge < -0.3 is 4.74 Å². The Balaban J connectivity index is 1.62. The van der Waals surface area contributed by atoms with Gasteiger partial charge in [-0.25, -0.2) is 22.6 Å². The maximum absolute atomic E-state index is 14.8. The average molecular weight is 420 g/mol. The van der Waals surface area contributed by atoms with Crippen molar-refractivity contribution in [3.8, 4) is 0 Å². The Bertz CT molecular complexity index is 1030. The van der Waals surface area contributed by atoms with Crippen LogP contribution in [0.5, 0.6) is 0 Å². The molecule has 1 atom stereocenters. The summed E-state index contributed by atoms with van der Waals surface area (Å²) in [5.74, 6) is -4.00. The topological polar surface area (TPSA) is 51.5 Å². The first-order chi connectivity index (χ1) is 14.0. The molecule has 1 aliphatic heterocycles. The Hall–Kier alpha value is -2.77. The van der Waals surface area contributed by atoms with E-state index >= 15 is 0 Å². The molecule has 1 saturated carbocycles. The molecule has 1 aliphatic carbocycles. The van der Waals surface area contributed by atoms with E-state index in [4.69, 9.17) is 4.74 Å². The van der Waals surface area contributed by atoms with Crippen molar-refractivity contribution in [2.24, 2.45) is 4.99 Å². The van der Waals surface area contributed by atoms with Crippen molar-refractivity contribution in [1.29, 1.82) is 0 Å². The summed E-state index contributed by atoms with van der Waals surface area (Å²) in [6.45, 7) is 3.25. The molecule has 8 heteroatoms. The van der Waals surface area contributed by atoms with Crippen LogP contribution in [0.25, 0.3) is 0 Å². The van der Waals surface area contributed by atoms with Gasteiger partial charge in [0.2, 0.25) is 0 Å². The van der Waals surface area contributed by atoms with Crippen LogP contribution in [0, 0.1) is 11.6 Å². The maximum Gasteiger partial charge on any atom is 0.255 e. The summed E-state index contributed by atoms with van der Waals surface area (Å²) in [7, 11) is 0. The minimum absolute atomic E-state index is 0.0651. The Labute approximate surface area is 171 Å². The number of halogens is 4. The van der Waals surface area contributed by atoms with Crippen LogP contribution in [0.2, 0.25) is 0 Å². The molecule has 0 saturated heterocycles. The van der Waals surface area contributed by atoms with Gasteiger partial charge in [-0.1, -0.05) is 6.07 Å². The monoisotopic (exact) mass is 420 g/mol. The highest BCUT2D eigenvalue weighted by Crippen LogP contribution is 2.55. The molecular formula is C22H20F4N2O2. The van der Waals surface area contributed by atoms with Gasteiger partial charge in [-0.15, -0.1) is 0 Å². The highest BCUT2D eigenvalue weighted by atomic mass is 19.3. The molecule has 2 heterocycles. The molecule has 4 nitrogen and oxygen atoms in total. The third kappa shape index (κ3) is 3.82. The second-order valence-corrected chi connectivity index (χ2v) is 8.35. The van der Waals surface area contributed by atoms with E-state index < -0.39 is 41.5 Å². The van der Waals surface area contributed by atoms with Crippen LogP contribution < -0.4 is 0 Å². The second kappa shape index (κ2) is 6.89. The van der Waals surface area contributed by atoms with Crippen molar-refractivity contribution in [2.45, 2.75) is 56.6 Å². The van der Waals surface area contributed by atoms with Crippen molar-refractivity contribution in [3.05, 3.63) is 65.0 Å². The van der Waals surface area contributed by atoms with Crippen LogP contribution in [0.1, 0.15) is 54.7 Å². The number of aliphatic imine (C=N–C) groups is 1. The van der Waals surface area contributed by atoms with Gasteiger partial charge >= 0.3 is 0 Å². The van der Waals surface area contributed by atoms with Crippen LogP contribution in [-0.4, -0.2) is 28.2 Å². The standard InChI is InChI=1S/C22H20F4N2O2/c1-13-28-20(2,10-21(30-13)11-22(25,26)12-21)16-7-14(3-5-17(16)24)8-19(29)18-6-4-15(23)9-27-18/h3-7,9H,8,10-12H2,1-2H3. The Morgan fingerprint density at radius 1 is 1.13 bits per heavy atom. The van der Waals surface area contributed by atoms with Gasteiger partial charge in [0.25, 0.3) is 5.92 Å². The van der Waals surface area contributed by atoms with Gasteiger partial charge in [0.15, 0.2) is 11.7 Å². The van der Waals surface area contributed by atoms with Gasteiger partial charge in [-0.2, -0.15) is 0 Å². The number of ketones is 1. The zero-order valence-electron chi connectivity index (χ0n) is 16.5. The van der Waals surface area contributed by atoms with E-state index in [0.29, 0.717) is 5.56 Å². The van der Waals surface area contributed by atoms with Crippen molar-refractivity contribution >= 4 is 11.7 Å². The van der Waals surface area contributed by atoms with E-state index in [1.54, 1.807) is 13.8 Å². The molecule has 0 bridgehead atoms. The van der Waals surface area contributed by atoms with E-state index in [1.165, 1.54) is 24.3 Å². The van der Waals surface area contributed by atoms with Crippen molar-refractivity contribution in [2.75, 3.05) is 0 Å². The Morgan fingerprint density at radius 2 is 1.87 bits per heavy atom. The number of carbonyl (C=O) groups excluding carboxylic acids is 1. The molecule has 158 valence electrons. The second-order valence-electron chi connectivity index (χ2n) is 8.35. The number of carbonyl (C=O) groups is 1. The van der Waals surface area contributed by atoms with Crippen LogP contribution in [0.15, 0.2) is 41.5 Å². The number of hydrogen-bond acceptors (Lipinski definition) is 4. The third-order valence-electron chi connectivity index (χ3n) is 5.59. The molecule has 0 radical (unpaired) electrons. The molecule has 0 N–H and O–H groups in total. The largest absolute Gasteiger partial charge is 0.474 e. The smallest absolute Gasteiger partial charge is 0.255 e. The van der Waals surface area contributed by atoms with E-state index in [9.17, 15) is 22.4 Å². The van der Waals surface area contributed by atoms with Crippen molar-refractivity contribution in [1.82, 2.24) is 4.98 Å². The quantitative estimate of drug-likeness (QED) is 0.516. The lowest BCUT2D eigenvalue weighted by Crippen LogP contribution is -2.58. The molecule has 0 amide bonds. The number of alkyl halides is 2. The van der Waals surface area contributed by atoms with Gasteiger partial charge in [-0.3, -0.25) is 9.78 Å². The van der Waals surface area contributed by atoms with Crippen LogP contribution in [0.3, 0.4) is 0 Å². The third-order valence-corrected chi connectivity index (χ3v) is 5.59. The summed E-state index contributed by atoms with van der Waals surface area (Å²) in [6, 6.07) is 6.68. The first-order valence-corrected chi connectivity index (χ1v) is 9.56. The molecule has 2 aromatic rings. The minimum atomic E-state index is -2.80. The fourth-order valence-corrected chi connectivity index (χ4v) is 4.54. The van der Waals surface area contributed by atoms with E-state index in [1.807, 2.05) is 0 Å². The first kappa shape index (κ1) is 20.5. The van der Waals surface area contributed by atoms with Crippen LogP contribution in [0.4, 0.5) is 17.6 Å². The summed E-state index contributed by atoms with van der Waals surface area (Å²) in [5, 5.41) is 0. The lowest BCUT2D eigenvalue weighted by atomic mass is 9.67. The highest BCUT2D eigenvalue weighted by molar-refractivity contribution is 5.95. The summed E-state index contributed by atoms with van der Waals surface area (Å²) >= 11 is 0. The number of ether oxygens (including phenoxy) is 1. The average Bonchev–Trinajstić information content (AvgIpc) is 2.61. The summed E-state index contributed by atoms with van der Waals surface area (Å²) in [5.41, 5.74) is -1.33. The molecule has 1 aromatic heterocycles. The van der Waals surface area contributed by atoms with Gasteiger partial charge in [0.1, 0.15) is 22.9 Å². The predicted octanol–water partition coefficient (Wildman–Crippen LogP) is 5.01. The molecule has 2 aliphatic rings. The molecular weight excluding hydrogens is 400 g/mol. The number of rotatable bonds is 4. The normalized spacial score (nSPS) is 24.0. The predicted molar refractivity (Wildman–Crippen MR) is 102 cm³/mol. The van der Waals surface area contributed by atoms with Crippen molar-refractivity contribution in [3.63, 3.8) is 0 Å². The molecule has 1 unspecified atom stereocenters. The fraction of sp³-hybridized carbons (Fsp3) is 0.409. The van der Waals surface area contributed by atoms with Crippen LogP contribution >= 0.6 is 0 Å². The molecule has 1 fully saturated rings. The molecule has 1 aromatic carbocycles. The molecule has 1 spiro atoms. The first-order valence-electron chi connectivity index (χ1n) is 9.56. The van der Waals surface area contributed by atoms with Crippen molar-refractivity contribution < 1.29 is 27.1 Å². The summed E-state index contributed by atoms with van der Waals surface area (Å²) in [6.07, 6.45) is 0.139. The van der Waals surface area contributed by atoms with Crippen LogP contribution in [-0.2, 0) is 16.7 Å². The number of pyridine rings is 1. The van der Waals surface area contributed by atoms with Gasteiger partial charge in [-0.05, 0) is 36.8 Å². The Kier molecular flexibility index (Phi) is 4.71. The van der Waals surface area contributed by atoms with Gasteiger partial charge in [0, 0.05) is 25.3 Å². The zero-order valence-corrected chi connectivity index (χ0v) is 16.5. The fourth-order valence-electron chi connectivity index (χ4n) is 4.54. The minimum Gasteiger partial charge on any atom is -0.474 e. The number of nitrogens with zero attached hydrogens (tertiary/aromatic N) is 2. The lowest BCUT2D eigenvalue weighted by Gasteiger charge is -2.52. The number of benzene rings is 1. The number of Topliss-reactive ketones (excluding diaryl/α,β-unsaturated/α-hetero) is 1. The number of hydrogen-bond donors (Lipinski definition) is 0. The SMILES string of the molecule is CC1=NC(C)(c2cc(CC(=O)c3ccc(F)cn3)ccc2F)CC2(CC(F)(F)C2)O1. The highest BCUT2D eigenvalue weighted by Gasteiger charge is 2.62. The van der Waals surface area contributed by atoms with Gasteiger partial charge in [0.05, 0.1) is 24.6 Å².